The summed E-state index contributed by atoms with van der Waals surface area (Å²) in [6, 6.07) is 13.2. The van der Waals surface area contributed by atoms with Crippen LogP contribution in [0, 0.1) is 0 Å². The van der Waals surface area contributed by atoms with E-state index >= 15 is 0 Å². The lowest BCUT2D eigenvalue weighted by Gasteiger charge is -2.27. The minimum atomic E-state index is -4.67. The number of aliphatic hydroxyl groups excluding tert-OH is 1. The fourth-order valence-electron chi connectivity index (χ4n) is 5.48. The van der Waals surface area contributed by atoms with Gasteiger partial charge in [0.1, 0.15) is 34.8 Å². The molecule has 3 heterocycles. The van der Waals surface area contributed by atoms with Gasteiger partial charge in [0.15, 0.2) is 17.7 Å². The number of hydrogen-bond donors (Lipinski definition) is 4. The smallest absolute Gasteiger partial charge is 0.469 e. The van der Waals surface area contributed by atoms with Gasteiger partial charge in [-0.05, 0) is 56.9 Å². The number of imidazole rings is 1. The molecule has 4 aromatic rings. The lowest BCUT2D eigenvalue weighted by atomic mass is 9.96. The summed E-state index contributed by atoms with van der Waals surface area (Å²) in [4.78, 5) is 36.4. The zero-order chi connectivity index (χ0) is 36.9. The standard InChI is InChI=1S/C33H41N6O11P/c1-19(2)47-26(41)16-14-21-10-6-8-12-23(21)50-51(44,49-22-11-7-5-9-20(22)13-15-25(40)45-4)46-17-24-28(42)33(3,43)31(48-24)39-18-36-27-29(34)37-32(35)38-30(27)39/h5-12,18-19,24,28,31,42-43H,13-17H2,1-4H3,(H4,34,35,37,38)/t24-,28+,31-,33+,51?/m1/s1. The number of hydrogen-bond acceptors (Lipinski definition) is 16. The average Bonchev–Trinajstić information content (AvgIpc) is 3.59. The van der Waals surface area contributed by atoms with Crippen molar-refractivity contribution in [3.63, 3.8) is 0 Å². The first kappa shape index (κ1) is 37.5. The molecule has 1 unspecified atom stereocenters. The van der Waals surface area contributed by atoms with Gasteiger partial charge in [0.05, 0.1) is 26.1 Å². The molecule has 0 amide bonds. The number of carbonyl (C=O) groups is 2. The molecule has 17 nitrogen and oxygen atoms in total. The van der Waals surface area contributed by atoms with Crippen LogP contribution in [0.15, 0.2) is 54.9 Å². The zero-order valence-corrected chi connectivity index (χ0v) is 29.4. The van der Waals surface area contributed by atoms with Gasteiger partial charge in [-0.1, -0.05) is 36.4 Å². The van der Waals surface area contributed by atoms with Crippen LogP contribution in [0.25, 0.3) is 11.2 Å². The summed E-state index contributed by atoms with van der Waals surface area (Å²) in [7, 11) is -3.40. The molecule has 0 spiro atoms. The Balaban J connectivity index is 1.42. The molecule has 6 N–H and O–H groups in total. The first-order chi connectivity index (χ1) is 24.2. The second-order valence-electron chi connectivity index (χ2n) is 12.2. The van der Waals surface area contributed by atoms with Crippen LogP contribution in [-0.2, 0) is 45.7 Å². The lowest BCUT2D eigenvalue weighted by molar-refractivity contribution is -0.147. The number of ether oxygens (including phenoxy) is 3. The molecule has 2 aromatic heterocycles. The van der Waals surface area contributed by atoms with Crippen molar-refractivity contribution in [2.45, 2.75) is 76.6 Å². The summed E-state index contributed by atoms with van der Waals surface area (Å²) >= 11 is 0. The maximum Gasteiger partial charge on any atom is 0.587 e. The van der Waals surface area contributed by atoms with E-state index in [-0.39, 0.29) is 66.2 Å². The molecule has 0 aliphatic carbocycles. The number of aliphatic hydroxyl groups is 2. The Bertz CT molecular complexity index is 1920. The first-order valence-corrected chi connectivity index (χ1v) is 17.5. The van der Waals surface area contributed by atoms with E-state index in [1.165, 1.54) is 37.1 Å². The summed E-state index contributed by atoms with van der Waals surface area (Å²) in [6.07, 6.45) is -2.73. The van der Waals surface area contributed by atoms with E-state index in [0.717, 1.165) is 0 Å². The first-order valence-electron chi connectivity index (χ1n) is 16.1. The van der Waals surface area contributed by atoms with Gasteiger partial charge in [-0.2, -0.15) is 9.97 Å². The van der Waals surface area contributed by atoms with E-state index in [0.29, 0.717) is 11.1 Å². The molecular formula is C33H41N6O11P. The predicted octanol–water partition coefficient (Wildman–Crippen LogP) is 3.27. The number of nitrogen functional groups attached to an aromatic ring is 2. The van der Waals surface area contributed by atoms with Crippen molar-refractivity contribution in [1.82, 2.24) is 19.5 Å². The van der Waals surface area contributed by atoms with Gasteiger partial charge in [-0.25, -0.2) is 9.55 Å². The molecule has 5 rings (SSSR count). The van der Waals surface area contributed by atoms with E-state index in [1.807, 2.05) is 0 Å². The molecular weight excluding hydrogens is 687 g/mol. The number of methoxy groups -OCH3 is 1. The Morgan fingerprint density at radius 1 is 1.00 bits per heavy atom. The Morgan fingerprint density at radius 3 is 2.18 bits per heavy atom. The quantitative estimate of drug-likeness (QED) is 0.101. The van der Waals surface area contributed by atoms with Crippen LogP contribution in [0.5, 0.6) is 11.5 Å². The number of phosphoric acid groups is 1. The van der Waals surface area contributed by atoms with Crippen molar-refractivity contribution < 1.29 is 52.1 Å². The number of nitrogens with two attached hydrogens (primary N) is 2. The molecule has 0 saturated carbocycles. The van der Waals surface area contributed by atoms with Crippen LogP contribution >= 0.6 is 7.82 Å². The normalized spacial score (nSPS) is 21.4. The molecule has 0 bridgehead atoms. The number of aromatic nitrogens is 4. The number of esters is 2. The maximum absolute atomic E-state index is 14.6. The Kier molecular flexibility index (Phi) is 11.5. The highest BCUT2D eigenvalue weighted by molar-refractivity contribution is 7.49. The second kappa shape index (κ2) is 15.6. The molecule has 5 atom stereocenters. The Morgan fingerprint density at radius 2 is 1.59 bits per heavy atom. The number of benzene rings is 2. The Hall–Kier alpha value is -4.80. The van der Waals surface area contributed by atoms with Gasteiger partial charge in [0, 0.05) is 12.8 Å². The highest BCUT2D eigenvalue weighted by atomic mass is 31.2. The molecule has 274 valence electrons. The third-order valence-corrected chi connectivity index (χ3v) is 9.33. The summed E-state index contributed by atoms with van der Waals surface area (Å²) in [5.74, 6) is -0.816. The van der Waals surface area contributed by atoms with Crippen LogP contribution in [0.3, 0.4) is 0 Å². The SMILES string of the molecule is COC(=O)CCc1ccccc1OP(=O)(OC[C@H]1O[C@@H](n2cnc3c(N)nc(N)nc32)[C@@](C)(O)[C@H]1O)Oc1ccccc1CCC(=O)OC(C)C. The number of fused-ring (bicyclic) bond motifs is 1. The highest BCUT2D eigenvalue weighted by Gasteiger charge is 2.54. The summed E-state index contributed by atoms with van der Waals surface area (Å²) < 4.78 is 49.8. The molecule has 2 aromatic carbocycles. The van der Waals surface area contributed by atoms with E-state index in [2.05, 4.69) is 15.0 Å². The highest BCUT2D eigenvalue weighted by Crippen LogP contribution is 2.52. The molecule has 1 aliphatic heterocycles. The minimum Gasteiger partial charge on any atom is -0.469 e. The lowest BCUT2D eigenvalue weighted by Crippen LogP contribution is -2.44. The van der Waals surface area contributed by atoms with Gasteiger partial charge in [0.25, 0.3) is 0 Å². The number of rotatable bonds is 15. The third kappa shape index (κ3) is 8.75. The molecule has 1 aliphatic rings. The molecule has 18 heteroatoms. The monoisotopic (exact) mass is 728 g/mol. The maximum atomic E-state index is 14.6. The zero-order valence-electron chi connectivity index (χ0n) is 28.5. The van der Waals surface area contributed by atoms with Crippen molar-refractivity contribution in [2.24, 2.45) is 0 Å². The van der Waals surface area contributed by atoms with Crippen LogP contribution in [-0.4, -0.2) is 79.3 Å². The van der Waals surface area contributed by atoms with Crippen LogP contribution < -0.4 is 20.5 Å². The summed E-state index contributed by atoms with van der Waals surface area (Å²) in [5, 5.41) is 22.7. The molecule has 1 saturated heterocycles. The third-order valence-electron chi connectivity index (χ3n) is 8.03. The molecule has 0 radical (unpaired) electrons. The number of phosphoric ester groups is 1. The van der Waals surface area contributed by atoms with Crippen molar-refractivity contribution in [1.29, 1.82) is 0 Å². The summed E-state index contributed by atoms with van der Waals surface area (Å²) in [6.45, 7) is 4.23. The van der Waals surface area contributed by atoms with Crippen LogP contribution in [0.1, 0.15) is 51.0 Å². The van der Waals surface area contributed by atoms with Crippen molar-refractivity contribution in [3.8, 4) is 11.5 Å². The average molecular weight is 729 g/mol. The fourth-order valence-corrected chi connectivity index (χ4v) is 6.79. The van der Waals surface area contributed by atoms with Crippen LogP contribution in [0.4, 0.5) is 11.8 Å². The van der Waals surface area contributed by atoms with Gasteiger partial charge in [0.2, 0.25) is 5.95 Å². The van der Waals surface area contributed by atoms with Crippen molar-refractivity contribution >= 4 is 42.7 Å². The predicted molar refractivity (Wildman–Crippen MR) is 182 cm³/mol. The number of nitrogens with zero attached hydrogens (tertiary/aromatic N) is 4. The van der Waals surface area contributed by atoms with E-state index < -0.39 is 50.4 Å². The number of para-hydroxylation sites is 2. The van der Waals surface area contributed by atoms with Gasteiger partial charge in [-0.3, -0.25) is 18.7 Å². The van der Waals surface area contributed by atoms with Gasteiger partial charge in [-0.15, -0.1) is 0 Å². The number of anilines is 2. The fraction of sp³-hybridized carbons (Fsp3) is 0.424. The van der Waals surface area contributed by atoms with Crippen molar-refractivity contribution in [3.05, 3.63) is 66.0 Å². The second-order valence-corrected chi connectivity index (χ2v) is 13.8. The number of aryl methyl sites for hydroxylation is 2. The van der Waals surface area contributed by atoms with Crippen molar-refractivity contribution in [2.75, 3.05) is 25.2 Å². The topological polar surface area (TPSA) is 243 Å². The van der Waals surface area contributed by atoms with E-state index in [9.17, 15) is 24.4 Å². The van der Waals surface area contributed by atoms with Gasteiger partial charge >= 0.3 is 19.8 Å². The molecule has 1 fully saturated rings. The Labute approximate surface area is 293 Å². The summed E-state index contributed by atoms with van der Waals surface area (Å²) in [5.41, 5.74) is 11.2. The van der Waals surface area contributed by atoms with E-state index in [4.69, 9.17) is 39.2 Å². The largest absolute Gasteiger partial charge is 0.587 e. The minimum absolute atomic E-state index is 0.00789. The number of carbonyl (C=O) groups excluding carboxylic acids is 2. The van der Waals surface area contributed by atoms with Crippen LogP contribution in [0.2, 0.25) is 0 Å². The van der Waals surface area contributed by atoms with Gasteiger partial charge < -0.3 is 44.9 Å². The molecule has 51 heavy (non-hydrogen) atoms. The van der Waals surface area contributed by atoms with E-state index in [1.54, 1.807) is 50.2 Å².